The van der Waals surface area contributed by atoms with E-state index in [1.807, 2.05) is 62.6 Å². The Bertz CT molecular complexity index is 750. The molecule has 0 radical (unpaired) electrons. The molecule has 0 bridgehead atoms. The fourth-order valence-electron chi connectivity index (χ4n) is 4.84. The topological polar surface area (TPSA) is 85.4 Å². The van der Waals surface area contributed by atoms with Gasteiger partial charge in [-0.15, -0.1) is 0 Å². The number of piperidine rings is 1. The zero-order chi connectivity index (χ0) is 23.6. The van der Waals surface area contributed by atoms with Crippen LogP contribution in [0, 0.1) is 5.92 Å². The molecule has 0 aromatic rings. The Morgan fingerprint density at radius 1 is 1.16 bits per heavy atom. The first-order valence-corrected chi connectivity index (χ1v) is 11.8. The van der Waals surface area contributed by atoms with E-state index in [1.54, 1.807) is 0 Å². The molecule has 3 rings (SSSR count). The van der Waals surface area contributed by atoms with Crippen LogP contribution in [0.2, 0.25) is 0 Å². The highest BCUT2D eigenvalue weighted by molar-refractivity contribution is 5.95. The van der Waals surface area contributed by atoms with Crippen LogP contribution in [0.4, 0.5) is 4.79 Å². The van der Waals surface area contributed by atoms with Gasteiger partial charge in [0, 0.05) is 32.4 Å². The Hall–Kier alpha value is -2.45. The zero-order valence-corrected chi connectivity index (χ0v) is 20.4. The highest BCUT2D eigenvalue weighted by Gasteiger charge is 2.42. The van der Waals surface area contributed by atoms with Crippen molar-refractivity contribution < 1.29 is 19.1 Å². The minimum atomic E-state index is -0.620. The molecule has 2 saturated heterocycles. The normalized spacial score (nSPS) is 20.6. The van der Waals surface area contributed by atoms with Gasteiger partial charge in [0.25, 0.3) is 5.91 Å². The zero-order valence-electron chi connectivity index (χ0n) is 20.4. The van der Waals surface area contributed by atoms with Gasteiger partial charge in [0.05, 0.1) is 13.3 Å². The fraction of sp³-hybridized carbons (Fsp3) is 0.783. The standard InChI is InChI=1S/C23H39N5O4/c1-7-16(8-2)19(24-22(31)32-23(3,4)5)21(30)26-11-9-17(10-12-26)28-15-27-14-25(6)13-18(27)20(28)29/h13,16-17,19H,7-12,14-15H2,1-6H3,(H,24,31). The van der Waals surface area contributed by atoms with Crippen molar-refractivity contribution >= 4 is 17.9 Å². The summed E-state index contributed by atoms with van der Waals surface area (Å²) in [6, 6.07) is -0.468. The summed E-state index contributed by atoms with van der Waals surface area (Å²) in [6.45, 7) is 12.0. The lowest BCUT2D eigenvalue weighted by Crippen LogP contribution is -2.56. The number of rotatable bonds is 6. The summed E-state index contributed by atoms with van der Waals surface area (Å²) in [5.74, 6) is 0.0744. The van der Waals surface area contributed by atoms with Crippen molar-refractivity contribution in [2.24, 2.45) is 5.92 Å². The summed E-state index contributed by atoms with van der Waals surface area (Å²) in [6.07, 6.45) is 4.43. The summed E-state index contributed by atoms with van der Waals surface area (Å²) < 4.78 is 5.41. The summed E-state index contributed by atoms with van der Waals surface area (Å²) in [4.78, 5) is 46.5. The van der Waals surface area contributed by atoms with Crippen LogP contribution in [-0.4, -0.2) is 88.7 Å². The molecule has 3 heterocycles. The van der Waals surface area contributed by atoms with Crippen LogP contribution in [0.3, 0.4) is 0 Å². The molecule has 1 unspecified atom stereocenters. The molecule has 0 spiro atoms. The second-order valence-corrected chi connectivity index (χ2v) is 10.1. The Labute approximate surface area is 191 Å². The van der Waals surface area contributed by atoms with Crippen LogP contribution in [0.5, 0.6) is 0 Å². The van der Waals surface area contributed by atoms with Crippen LogP contribution in [0.25, 0.3) is 0 Å². The number of carbonyl (C=O) groups is 3. The molecule has 180 valence electrons. The molecule has 0 aromatic carbocycles. The number of nitrogens with zero attached hydrogens (tertiary/aromatic N) is 4. The van der Waals surface area contributed by atoms with E-state index < -0.39 is 17.7 Å². The molecule has 3 aliphatic rings. The number of carbonyl (C=O) groups excluding carboxylic acids is 3. The number of alkyl carbamates (subject to hydrolysis) is 1. The lowest BCUT2D eigenvalue weighted by Gasteiger charge is -2.39. The minimum Gasteiger partial charge on any atom is -0.444 e. The number of hydrogen-bond donors (Lipinski definition) is 1. The van der Waals surface area contributed by atoms with E-state index in [-0.39, 0.29) is 23.8 Å². The third-order valence-corrected chi connectivity index (χ3v) is 6.56. The van der Waals surface area contributed by atoms with Gasteiger partial charge in [0.1, 0.15) is 17.3 Å². The summed E-state index contributed by atoms with van der Waals surface area (Å²) in [5.41, 5.74) is 0.145. The Balaban J connectivity index is 1.61. The molecule has 1 N–H and O–H groups in total. The van der Waals surface area contributed by atoms with E-state index in [0.717, 1.165) is 38.0 Å². The molecule has 3 amide bonds. The van der Waals surface area contributed by atoms with E-state index in [4.69, 9.17) is 4.74 Å². The molecule has 0 saturated carbocycles. The Morgan fingerprint density at radius 2 is 1.78 bits per heavy atom. The molecule has 9 nitrogen and oxygen atoms in total. The maximum Gasteiger partial charge on any atom is 0.408 e. The molecule has 0 aromatic heterocycles. The van der Waals surface area contributed by atoms with Crippen molar-refractivity contribution in [3.63, 3.8) is 0 Å². The average Bonchev–Trinajstić information content (AvgIpc) is 3.23. The van der Waals surface area contributed by atoms with Crippen LogP contribution in [0.1, 0.15) is 60.3 Å². The second kappa shape index (κ2) is 9.58. The smallest absolute Gasteiger partial charge is 0.408 e. The molecule has 9 heteroatoms. The van der Waals surface area contributed by atoms with Crippen molar-refractivity contribution in [2.75, 3.05) is 33.5 Å². The van der Waals surface area contributed by atoms with Gasteiger partial charge >= 0.3 is 6.09 Å². The molecular formula is C23H39N5O4. The lowest BCUT2D eigenvalue weighted by atomic mass is 9.92. The number of likely N-dealkylation sites (tertiary alicyclic amines) is 1. The molecule has 0 aliphatic carbocycles. The highest BCUT2D eigenvalue weighted by atomic mass is 16.6. The highest BCUT2D eigenvalue weighted by Crippen LogP contribution is 2.29. The van der Waals surface area contributed by atoms with Crippen molar-refractivity contribution in [3.05, 3.63) is 11.9 Å². The first-order chi connectivity index (χ1) is 15.0. The second-order valence-electron chi connectivity index (χ2n) is 10.1. The first kappa shape index (κ1) is 24.2. The SMILES string of the molecule is CCC(CC)C(NC(=O)OC(C)(C)C)C(=O)N1CCC(N2CN3CN(C)C=C3C2=O)CC1. The minimum absolute atomic E-state index is 0.0454. The fourth-order valence-corrected chi connectivity index (χ4v) is 4.84. The molecule has 1 atom stereocenters. The van der Waals surface area contributed by atoms with E-state index in [0.29, 0.717) is 19.8 Å². The van der Waals surface area contributed by atoms with E-state index in [1.165, 1.54) is 0 Å². The number of hydrogen-bond acceptors (Lipinski definition) is 6. The van der Waals surface area contributed by atoms with Crippen LogP contribution < -0.4 is 5.32 Å². The van der Waals surface area contributed by atoms with Crippen LogP contribution in [0.15, 0.2) is 11.9 Å². The van der Waals surface area contributed by atoms with Gasteiger partial charge in [0.15, 0.2) is 0 Å². The van der Waals surface area contributed by atoms with Gasteiger partial charge in [-0.2, -0.15) is 0 Å². The monoisotopic (exact) mass is 449 g/mol. The van der Waals surface area contributed by atoms with Crippen molar-refractivity contribution in [2.45, 2.75) is 78.0 Å². The number of ether oxygens (including phenoxy) is 1. The average molecular weight is 450 g/mol. The molecule has 3 aliphatic heterocycles. The van der Waals surface area contributed by atoms with E-state index in [2.05, 4.69) is 10.2 Å². The molecular weight excluding hydrogens is 410 g/mol. The van der Waals surface area contributed by atoms with Crippen LogP contribution in [-0.2, 0) is 14.3 Å². The van der Waals surface area contributed by atoms with Gasteiger partial charge in [0.2, 0.25) is 5.91 Å². The third kappa shape index (κ3) is 5.30. The number of nitrogens with one attached hydrogen (secondary N) is 1. The van der Waals surface area contributed by atoms with Gasteiger partial charge in [-0.1, -0.05) is 26.7 Å². The lowest BCUT2D eigenvalue weighted by molar-refractivity contribution is -0.137. The summed E-state index contributed by atoms with van der Waals surface area (Å²) in [5, 5.41) is 2.84. The molecule has 2 fully saturated rings. The van der Waals surface area contributed by atoms with Gasteiger partial charge in [-0.3, -0.25) is 9.59 Å². The number of amides is 3. The Kier molecular flexibility index (Phi) is 7.25. The van der Waals surface area contributed by atoms with E-state index >= 15 is 0 Å². The predicted octanol–water partition coefficient (Wildman–Crippen LogP) is 2.15. The Morgan fingerprint density at radius 3 is 2.31 bits per heavy atom. The summed E-state index contributed by atoms with van der Waals surface area (Å²) >= 11 is 0. The van der Waals surface area contributed by atoms with Gasteiger partial charge in [-0.25, -0.2) is 4.79 Å². The van der Waals surface area contributed by atoms with Crippen molar-refractivity contribution in [1.29, 1.82) is 0 Å². The third-order valence-electron chi connectivity index (χ3n) is 6.56. The quantitative estimate of drug-likeness (QED) is 0.669. The summed E-state index contributed by atoms with van der Waals surface area (Å²) in [7, 11) is 1.97. The van der Waals surface area contributed by atoms with Crippen molar-refractivity contribution in [1.82, 2.24) is 24.9 Å². The predicted molar refractivity (Wildman–Crippen MR) is 121 cm³/mol. The van der Waals surface area contributed by atoms with Crippen LogP contribution >= 0.6 is 0 Å². The van der Waals surface area contributed by atoms with Gasteiger partial charge in [-0.05, 0) is 39.5 Å². The van der Waals surface area contributed by atoms with E-state index in [9.17, 15) is 14.4 Å². The number of fused-ring (bicyclic) bond motifs is 1. The van der Waals surface area contributed by atoms with Gasteiger partial charge < -0.3 is 29.7 Å². The molecule has 32 heavy (non-hydrogen) atoms. The van der Waals surface area contributed by atoms with Crippen molar-refractivity contribution in [3.8, 4) is 0 Å². The largest absolute Gasteiger partial charge is 0.444 e. The maximum absolute atomic E-state index is 13.4. The maximum atomic E-state index is 13.4. The first-order valence-electron chi connectivity index (χ1n) is 11.8.